The van der Waals surface area contributed by atoms with Crippen LogP contribution < -0.4 is 5.32 Å². The predicted molar refractivity (Wildman–Crippen MR) is 73.4 cm³/mol. The molecule has 0 amide bonds. The molecule has 4 heteroatoms. The van der Waals surface area contributed by atoms with Gasteiger partial charge in [-0.05, 0) is 30.2 Å². The second-order valence-corrected chi connectivity index (χ2v) is 6.41. The van der Waals surface area contributed by atoms with Gasteiger partial charge in [0.2, 0.25) is 0 Å². The Balaban J connectivity index is 1.87. The van der Waals surface area contributed by atoms with Gasteiger partial charge in [0.05, 0.1) is 18.5 Å². The Hall–Kier alpha value is -0.580. The van der Waals surface area contributed by atoms with Crippen LogP contribution >= 0.6 is 11.8 Å². The molecule has 0 bridgehead atoms. The van der Waals surface area contributed by atoms with Gasteiger partial charge in [0.15, 0.2) is 0 Å². The lowest BCUT2D eigenvalue weighted by Crippen LogP contribution is -2.30. The van der Waals surface area contributed by atoms with Crippen molar-refractivity contribution in [3.05, 3.63) is 29.6 Å². The molecule has 0 aromatic heterocycles. The molecular weight excluding hydrogens is 249 g/mol. The van der Waals surface area contributed by atoms with Crippen molar-refractivity contribution in [2.45, 2.75) is 30.5 Å². The largest absolute Gasteiger partial charge is 0.379 e. The number of benzene rings is 1. The number of rotatable bonds is 6. The summed E-state index contributed by atoms with van der Waals surface area (Å²) in [5.41, 5.74) is 1.00. The van der Waals surface area contributed by atoms with Gasteiger partial charge in [-0.25, -0.2) is 4.39 Å². The summed E-state index contributed by atoms with van der Waals surface area (Å²) in [7, 11) is 0. The van der Waals surface area contributed by atoms with Gasteiger partial charge in [-0.15, -0.1) is 11.8 Å². The van der Waals surface area contributed by atoms with E-state index >= 15 is 0 Å². The third-order valence-corrected chi connectivity index (χ3v) is 3.97. The van der Waals surface area contributed by atoms with Crippen molar-refractivity contribution >= 4 is 11.8 Å². The van der Waals surface area contributed by atoms with Gasteiger partial charge in [-0.2, -0.15) is 0 Å². The van der Waals surface area contributed by atoms with Crippen molar-refractivity contribution in [1.82, 2.24) is 5.32 Å². The maximum absolute atomic E-state index is 13.9. The fraction of sp³-hybridized carbons (Fsp3) is 0.571. The molecule has 1 heterocycles. The molecule has 1 fully saturated rings. The summed E-state index contributed by atoms with van der Waals surface area (Å²) in [4.78, 5) is 0.732. The Labute approximate surface area is 112 Å². The quantitative estimate of drug-likeness (QED) is 0.857. The molecule has 1 N–H and O–H groups in total. The summed E-state index contributed by atoms with van der Waals surface area (Å²) in [5.74, 6) is 0.499. The van der Waals surface area contributed by atoms with Gasteiger partial charge in [0.25, 0.3) is 0 Å². The highest BCUT2D eigenvalue weighted by atomic mass is 32.2. The molecule has 1 aliphatic rings. The van der Waals surface area contributed by atoms with Crippen LogP contribution in [0.3, 0.4) is 0 Å². The summed E-state index contributed by atoms with van der Waals surface area (Å²) in [6.07, 6.45) is 0. The van der Waals surface area contributed by atoms with Crippen molar-refractivity contribution in [1.29, 1.82) is 0 Å². The Morgan fingerprint density at radius 3 is 2.78 bits per heavy atom. The zero-order chi connectivity index (χ0) is 13.0. The van der Waals surface area contributed by atoms with Crippen LogP contribution in [-0.4, -0.2) is 25.0 Å². The zero-order valence-electron chi connectivity index (χ0n) is 10.9. The maximum Gasteiger partial charge on any atom is 0.137 e. The number of nitrogens with one attached hydrogen (secondary N) is 1. The van der Waals surface area contributed by atoms with Crippen LogP contribution in [0.1, 0.15) is 19.4 Å². The standard InChI is InChI=1S/C14H20FNOS/c1-10(2)6-16-7-11-3-4-14(13(15)5-11)18-12-8-17-9-12/h3-5,10,12,16H,6-9H2,1-2H3. The molecule has 2 rings (SSSR count). The maximum atomic E-state index is 13.9. The predicted octanol–water partition coefficient (Wildman–Crippen LogP) is 3.06. The van der Waals surface area contributed by atoms with Crippen LogP contribution in [0.4, 0.5) is 4.39 Å². The zero-order valence-corrected chi connectivity index (χ0v) is 11.7. The molecule has 18 heavy (non-hydrogen) atoms. The van der Waals surface area contributed by atoms with Crippen molar-refractivity contribution in [2.24, 2.45) is 5.92 Å². The molecule has 2 nitrogen and oxygen atoms in total. The summed E-state index contributed by atoms with van der Waals surface area (Å²) >= 11 is 1.57. The molecule has 1 aliphatic heterocycles. The molecule has 100 valence electrons. The van der Waals surface area contributed by atoms with Crippen LogP contribution in [0.2, 0.25) is 0 Å². The highest BCUT2D eigenvalue weighted by molar-refractivity contribution is 8.00. The average Bonchev–Trinajstić information content (AvgIpc) is 2.25. The molecule has 1 aromatic rings. The lowest BCUT2D eigenvalue weighted by molar-refractivity contribution is 0.0455. The third kappa shape index (κ3) is 3.97. The van der Waals surface area contributed by atoms with E-state index in [-0.39, 0.29) is 5.82 Å². The Morgan fingerprint density at radius 1 is 1.44 bits per heavy atom. The van der Waals surface area contributed by atoms with E-state index in [0.717, 1.165) is 36.8 Å². The molecule has 1 saturated heterocycles. The van der Waals surface area contributed by atoms with E-state index < -0.39 is 0 Å². The number of hydrogen-bond acceptors (Lipinski definition) is 3. The highest BCUT2D eigenvalue weighted by Gasteiger charge is 2.20. The summed E-state index contributed by atoms with van der Waals surface area (Å²) < 4.78 is 19.0. The first-order valence-corrected chi connectivity index (χ1v) is 7.26. The second kappa shape index (κ2) is 6.55. The lowest BCUT2D eigenvalue weighted by Gasteiger charge is -2.25. The SMILES string of the molecule is CC(C)CNCc1ccc(SC2COC2)c(F)c1. The summed E-state index contributed by atoms with van der Waals surface area (Å²) in [5, 5.41) is 3.74. The topological polar surface area (TPSA) is 21.3 Å². The summed E-state index contributed by atoms with van der Waals surface area (Å²) in [6.45, 7) is 7.48. The first kappa shape index (κ1) is 13.8. The molecule has 0 atom stereocenters. The monoisotopic (exact) mass is 269 g/mol. The minimum atomic E-state index is -0.115. The first-order chi connectivity index (χ1) is 8.65. The van der Waals surface area contributed by atoms with Crippen molar-refractivity contribution in [3.8, 4) is 0 Å². The first-order valence-electron chi connectivity index (χ1n) is 6.38. The lowest BCUT2D eigenvalue weighted by atomic mass is 10.2. The van der Waals surface area contributed by atoms with E-state index in [1.54, 1.807) is 17.8 Å². The van der Waals surface area contributed by atoms with Gasteiger partial charge in [-0.1, -0.05) is 19.9 Å². The fourth-order valence-electron chi connectivity index (χ4n) is 1.72. The minimum Gasteiger partial charge on any atom is -0.379 e. The van der Waals surface area contributed by atoms with Gasteiger partial charge < -0.3 is 10.1 Å². The molecule has 0 radical (unpaired) electrons. The van der Waals surface area contributed by atoms with E-state index in [9.17, 15) is 4.39 Å². The van der Waals surface area contributed by atoms with Crippen LogP contribution in [0.25, 0.3) is 0 Å². The molecule has 0 spiro atoms. The van der Waals surface area contributed by atoms with E-state index in [0.29, 0.717) is 11.2 Å². The number of ether oxygens (including phenoxy) is 1. The van der Waals surface area contributed by atoms with Crippen LogP contribution in [0.5, 0.6) is 0 Å². The Kier molecular flexibility index (Phi) is 5.03. The van der Waals surface area contributed by atoms with Crippen LogP contribution in [-0.2, 0) is 11.3 Å². The molecule has 0 unspecified atom stereocenters. The fourth-order valence-corrected chi connectivity index (χ4v) is 2.72. The minimum absolute atomic E-state index is 0.115. The van der Waals surface area contributed by atoms with Crippen molar-refractivity contribution < 1.29 is 9.13 Å². The highest BCUT2D eigenvalue weighted by Crippen LogP contribution is 2.30. The van der Waals surface area contributed by atoms with E-state index in [1.165, 1.54) is 0 Å². The van der Waals surface area contributed by atoms with Gasteiger partial charge in [0, 0.05) is 11.4 Å². The number of hydrogen-bond donors (Lipinski definition) is 1. The number of halogens is 1. The Bertz CT molecular complexity index is 393. The molecule has 0 aliphatic carbocycles. The second-order valence-electron chi connectivity index (χ2n) is 5.07. The third-order valence-electron chi connectivity index (χ3n) is 2.78. The van der Waals surface area contributed by atoms with E-state index in [4.69, 9.17) is 4.74 Å². The van der Waals surface area contributed by atoms with Crippen molar-refractivity contribution in [3.63, 3.8) is 0 Å². The van der Waals surface area contributed by atoms with Crippen LogP contribution in [0.15, 0.2) is 23.1 Å². The smallest absolute Gasteiger partial charge is 0.137 e. The molecule has 0 saturated carbocycles. The van der Waals surface area contributed by atoms with Crippen LogP contribution in [0, 0.1) is 11.7 Å². The Morgan fingerprint density at radius 2 is 2.22 bits per heavy atom. The van der Waals surface area contributed by atoms with Crippen molar-refractivity contribution in [2.75, 3.05) is 19.8 Å². The van der Waals surface area contributed by atoms with E-state index in [2.05, 4.69) is 19.2 Å². The summed E-state index contributed by atoms with van der Waals surface area (Å²) in [6, 6.07) is 5.51. The normalized spacial score (nSPS) is 16.0. The molecular formula is C14H20FNOS. The van der Waals surface area contributed by atoms with Gasteiger partial charge >= 0.3 is 0 Å². The van der Waals surface area contributed by atoms with Gasteiger partial charge in [-0.3, -0.25) is 0 Å². The van der Waals surface area contributed by atoms with Gasteiger partial charge in [0.1, 0.15) is 5.82 Å². The average molecular weight is 269 g/mol. The van der Waals surface area contributed by atoms with E-state index in [1.807, 2.05) is 12.1 Å². The molecule has 1 aromatic carbocycles. The number of thioether (sulfide) groups is 1.